The summed E-state index contributed by atoms with van der Waals surface area (Å²) in [5.74, 6) is -2.09. The van der Waals surface area contributed by atoms with E-state index in [2.05, 4.69) is 10.6 Å². The van der Waals surface area contributed by atoms with Gasteiger partial charge in [0.2, 0.25) is 0 Å². The molecule has 11 heteroatoms. The van der Waals surface area contributed by atoms with Gasteiger partial charge in [0, 0.05) is 11.7 Å². The molecule has 1 heterocycles. The Morgan fingerprint density at radius 2 is 1.86 bits per heavy atom. The van der Waals surface area contributed by atoms with Crippen molar-refractivity contribution in [2.24, 2.45) is 0 Å². The molecule has 0 unspecified atom stereocenters. The molecule has 1 saturated heterocycles. The molecule has 2 aliphatic rings. The Kier molecular flexibility index (Phi) is 8.08. The quantitative estimate of drug-likeness (QED) is 0.389. The van der Waals surface area contributed by atoms with Crippen LogP contribution in [0.15, 0.2) is 42.0 Å². The van der Waals surface area contributed by atoms with Crippen molar-refractivity contribution < 1.29 is 33.0 Å². The molecule has 2 N–H and O–H groups in total. The number of carbonyl (C=O) groups is 4. The first-order chi connectivity index (χ1) is 17.8. The first kappa shape index (κ1) is 26.2. The first-order valence-electron chi connectivity index (χ1n) is 11.8. The standard InChI is InChI=1S/C26H25ClFN3O6/c1-2-36-21-13-15(11-19-24(33)30-26(35)31(25(19)34)18-5-3-4-6-18)12-20(27)23(21)37-14-22(32)29-17-9-7-16(28)8-10-17/h7-13,18H,2-6,14H2,1H3,(H,29,32)(H,30,33,35)/b19-11+. The third-order valence-corrected chi connectivity index (χ3v) is 6.22. The molecule has 4 rings (SSSR count). The molecule has 0 radical (unpaired) electrons. The third kappa shape index (κ3) is 6.08. The zero-order valence-electron chi connectivity index (χ0n) is 20.0. The number of carbonyl (C=O) groups excluding carboxylic acids is 4. The van der Waals surface area contributed by atoms with Gasteiger partial charge < -0.3 is 14.8 Å². The highest BCUT2D eigenvalue weighted by atomic mass is 35.5. The highest BCUT2D eigenvalue weighted by Crippen LogP contribution is 2.38. The Labute approximate surface area is 217 Å². The van der Waals surface area contributed by atoms with Gasteiger partial charge in [0.05, 0.1) is 11.6 Å². The molecule has 5 amide bonds. The van der Waals surface area contributed by atoms with Gasteiger partial charge in [0.15, 0.2) is 18.1 Å². The minimum atomic E-state index is -0.795. The van der Waals surface area contributed by atoms with E-state index in [-0.39, 0.29) is 34.7 Å². The van der Waals surface area contributed by atoms with Gasteiger partial charge in [-0.1, -0.05) is 24.4 Å². The third-order valence-electron chi connectivity index (χ3n) is 5.94. The summed E-state index contributed by atoms with van der Waals surface area (Å²) in [5.41, 5.74) is 0.571. The lowest BCUT2D eigenvalue weighted by atomic mass is 10.0. The van der Waals surface area contributed by atoms with Crippen LogP contribution in [0.3, 0.4) is 0 Å². The zero-order chi connectivity index (χ0) is 26.5. The molecule has 2 fully saturated rings. The van der Waals surface area contributed by atoms with E-state index in [9.17, 15) is 23.6 Å². The molecule has 1 saturated carbocycles. The minimum Gasteiger partial charge on any atom is -0.490 e. The average molecular weight is 530 g/mol. The molecule has 0 bridgehead atoms. The van der Waals surface area contributed by atoms with Gasteiger partial charge in [0.1, 0.15) is 11.4 Å². The second kappa shape index (κ2) is 11.4. The van der Waals surface area contributed by atoms with E-state index in [1.54, 1.807) is 6.92 Å². The van der Waals surface area contributed by atoms with Gasteiger partial charge in [-0.3, -0.25) is 24.6 Å². The number of hydrogen-bond acceptors (Lipinski definition) is 6. The topological polar surface area (TPSA) is 114 Å². The summed E-state index contributed by atoms with van der Waals surface area (Å²) in [5, 5.41) is 4.89. The smallest absolute Gasteiger partial charge is 0.331 e. The fourth-order valence-corrected chi connectivity index (χ4v) is 4.55. The average Bonchev–Trinajstić information content (AvgIpc) is 3.37. The maximum Gasteiger partial charge on any atom is 0.331 e. The lowest BCUT2D eigenvalue weighted by Crippen LogP contribution is -2.57. The summed E-state index contributed by atoms with van der Waals surface area (Å²) >= 11 is 6.42. The van der Waals surface area contributed by atoms with Crippen LogP contribution in [0.1, 0.15) is 38.2 Å². The Morgan fingerprint density at radius 3 is 2.54 bits per heavy atom. The van der Waals surface area contributed by atoms with Crippen molar-refractivity contribution in [2.75, 3.05) is 18.5 Å². The lowest BCUT2D eigenvalue weighted by molar-refractivity contribution is -0.131. The predicted molar refractivity (Wildman–Crippen MR) is 134 cm³/mol. The van der Waals surface area contributed by atoms with Gasteiger partial charge in [-0.25, -0.2) is 9.18 Å². The number of imide groups is 2. The molecule has 0 atom stereocenters. The minimum absolute atomic E-state index is 0.0831. The number of nitrogens with zero attached hydrogens (tertiary/aromatic N) is 1. The van der Waals surface area contributed by atoms with Gasteiger partial charge in [-0.2, -0.15) is 0 Å². The van der Waals surface area contributed by atoms with Gasteiger partial charge >= 0.3 is 6.03 Å². The van der Waals surface area contributed by atoms with E-state index in [4.69, 9.17) is 21.1 Å². The molecule has 194 valence electrons. The summed E-state index contributed by atoms with van der Waals surface area (Å²) < 4.78 is 24.3. The monoisotopic (exact) mass is 529 g/mol. The Balaban J connectivity index is 1.54. The van der Waals surface area contributed by atoms with Gasteiger partial charge in [0.25, 0.3) is 17.7 Å². The molecule has 9 nitrogen and oxygen atoms in total. The van der Waals surface area contributed by atoms with E-state index >= 15 is 0 Å². The van der Waals surface area contributed by atoms with Gasteiger partial charge in [-0.05, 0) is 67.8 Å². The number of urea groups is 1. The molecular weight excluding hydrogens is 505 g/mol. The molecule has 1 aliphatic heterocycles. The van der Waals surface area contributed by atoms with E-state index in [0.29, 0.717) is 24.1 Å². The molecule has 2 aromatic carbocycles. The highest BCUT2D eigenvalue weighted by molar-refractivity contribution is 6.33. The van der Waals surface area contributed by atoms with Crippen LogP contribution in [0.5, 0.6) is 11.5 Å². The van der Waals surface area contributed by atoms with Crippen LogP contribution in [0.25, 0.3) is 6.08 Å². The SMILES string of the molecule is CCOc1cc(/C=C2\C(=O)NC(=O)N(C3CCCC3)C2=O)cc(Cl)c1OCC(=O)Nc1ccc(F)cc1. The van der Waals surface area contributed by atoms with Crippen molar-refractivity contribution in [3.05, 3.63) is 58.4 Å². The van der Waals surface area contributed by atoms with Crippen LogP contribution in [-0.4, -0.2) is 47.9 Å². The van der Waals surface area contributed by atoms with Crippen LogP contribution in [0, 0.1) is 5.82 Å². The largest absolute Gasteiger partial charge is 0.490 e. The van der Waals surface area contributed by atoms with Crippen LogP contribution in [0.4, 0.5) is 14.9 Å². The van der Waals surface area contributed by atoms with E-state index < -0.39 is 36.2 Å². The predicted octanol–water partition coefficient (Wildman–Crippen LogP) is 4.30. The second-order valence-corrected chi connectivity index (χ2v) is 8.94. The number of halogens is 2. The number of hydrogen-bond donors (Lipinski definition) is 2. The summed E-state index contributed by atoms with van der Waals surface area (Å²) in [6, 6.07) is 7.28. The molecule has 37 heavy (non-hydrogen) atoms. The number of rotatable bonds is 8. The van der Waals surface area contributed by atoms with Crippen molar-refractivity contribution in [3.63, 3.8) is 0 Å². The van der Waals surface area contributed by atoms with Crippen molar-refractivity contribution >= 4 is 47.1 Å². The summed E-state index contributed by atoms with van der Waals surface area (Å²) in [6.07, 6.45) is 4.55. The van der Waals surface area contributed by atoms with Crippen molar-refractivity contribution in [1.82, 2.24) is 10.2 Å². The van der Waals surface area contributed by atoms with Crippen molar-refractivity contribution in [1.29, 1.82) is 0 Å². The van der Waals surface area contributed by atoms with Crippen LogP contribution >= 0.6 is 11.6 Å². The normalized spacial score (nSPS) is 17.2. The Bertz CT molecular complexity index is 1260. The Hall–Kier alpha value is -3.92. The van der Waals surface area contributed by atoms with Crippen molar-refractivity contribution in [3.8, 4) is 11.5 Å². The van der Waals surface area contributed by atoms with Crippen molar-refractivity contribution in [2.45, 2.75) is 38.6 Å². The molecule has 2 aromatic rings. The number of amides is 5. The fraction of sp³-hybridized carbons (Fsp3) is 0.308. The van der Waals surface area contributed by atoms with E-state index in [1.807, 2.05) is 0 Å². The summed E-state index contributed by atoms with van der Waals surface area (Å²) in [6.45, 7) is 1.59. The maximum atomic E-state index is 13.1. The second-order valence-electron chi connectivity index (χ2n) is 8.54. The zero-order valence-corrected chi connectivity index (χ0v) is 20.8. The summed E-state index contributed by atoms with van der Waals surface area (Å²) in [7, 11) is 0. The molecule has 0 aromatic heterocycles. The number of anilines is 1. The lowest BCUT2D eigenvalue weighted by Gasteiger charge is -2.31. The number of nitrogens with one attached hydrogen (secondary N) is 2. The number of benzene rings is 2. The van der Waals surface area contributed by atoms with E-state index in [0.717, 1.165) is 17.7 Å². The maximum absolute atomic E-state index is 13.1. The molecular formula is C26H25ClFN3O6. The van der Waals surface area contributed by atoms with E-state index in [1.165, 1.54) is 42.5 Å². The van der Waals surface area contributed by atoms with Crippen LogP contribution < -0.4 is 20.1 Å². The summed E-state index contributed by atoms with van der Waals surface area (Å²) in [4.78, 5) is 51.3. The van der Waals surface area contributed by atoms with Crippen LogP contribution in [-0.2, 0) is 14.4 Å². The first-order valence-corrected chi connectivity index (χ1v) is 12.2. The van der Waals surface area contributed by atoms with Crippen LogP contribution in [0.2, 0.25) is 5.02 Å². The number of ether oxygens (including phenoxy) is 2. The molecule has 0 spiro atoms. The van der Waals surface area contributed by atoms with Gasteiger partial charge in [-0.15, -0.1) is 0 Å². The highest BCUT2D eigenvalue weighted by Gasteiger charge is 2.40. The number of barbiturate groups is 1. The Morgan fingerprint density at radius 1 is 1.16 bits per heavy atom. The fourth-order valence-electron chi connectivity index (χ4n) is 4.27. The molecule has 1 aliphatic carbocycles.